The summed E-state index contributed by atoms with van der Waals surface area (Å²) in [5.41, 5.74) is 0. The van der Waals surface area contributed by atoms with Gasteiger partial charge in [-0.15, -0.1) is 5.10 Å². The molecule has 0 saturated heterocycles. The number of carbonyl (C=O) groups is 1. The zero-order valence-corrected chi connectivity index (χ0v) is 11.5. The quantitative estimate of drug-likeness (QED) is 0.824. The Morgan fingerprint density at radius 2 is 2.28 bits per heavy atom. The first-order valence-electron chi connectivity index (χ1n) is 4.78. The summed E-state index contributed by atoms with van der Waals surface area (Å²) in [6.07, 6.45) is 1.89. The number of hydrogen-bond acceptors (Lipinski definition) is 8. The Balaban J connectivity index is 2.11. The number of thioether (sulfide) groups is 1. The maximum Gasteiger partial charge on any atom is 0.314 e. The van der Waals surface area contributed by atoms with Crippen LogP contribution in [0.25, 0.3) is 0 Å². The van der Waals surface area contributed by atoms with Crippen molar-refractivity contribution in [2.75, 3.05) is 18.7 Å². The minimum Gasteiger partial charge on any atom is -0.467 e. The van der Waals surface area contributed by atoms with Gasteiger partial charge < -0.3 is 4.74 Å². The van der Waals surface area contributed by atoms with Crippen molar-refractivity contribution >= 4 is 35.1 Å². The van der Waals surface area contributed by atoms with E-state index >= 15 is 0 Å². The number of carbonyl (C=O) groups excluding carboxylic acids is 1. The summed E-state index contributed by atoms with van der Waals surface area (Å²) in [4.78, 5) is 19.8. The van der Waals surface area contributed by atoms with Crippen LogP contribution in [0.15, 0.2) is 4.34 Å². The van der Waals surface area contributed by atoms with Gasteiger partial charge in [0.15, 0.2) is 4.34 Å². The lowest BCUT2D eigenvalue weighted by atomic mass is 10.6. The van der Waals surface area contributed by atoms with E-state index < -0.39 is 5.91 Å². The molecule has 0 aliphatic heterocycles. The zero-order valence-electron chi connectivity index (χ0n) is 9.87. The van der Waals surface area contributed by atoms with Crippen LogP contribution in [0, 0.1) is 0 Å². The number of ether oxygens (including phenoxy) is 1. The van der Waals surface area contributed by atoms with Crippen LogP contribution in [0.5, 0.6) is 6.01 Å². The van der Waals surface area contributed by atoms with Crippen molar-refractivity contribution in [3.8, 4) is 6.01 Å². The van der Waals surface area contributed by atoms with Crippen molar-refractivity contribution in [2.24, 2.45) is 7.05 Å². The van der Waals surface area contributed by atoms with Crippen LogP contribution in [-0.2, 0) is 7.05 Å². The first-order valence-corrected chi connectivity index (χ1v) is 6.78. The van der Waals surface area contributed by atoms with Crippen molar-refractivity contribution in [3.05, 3.63) is 5.82 Å². The molecule has 2 heterocycles. The van der Waals surface area contributed by atoms with Crippen LogP contribution in [0.3, 0.4) is 0 Å². The highest BCUT2D eigenvalue weighted by atomic mass is 32.2. The summed E-state index contributed by atoms with van der Waals surface area (Å²) in [7, 11) is 3.09. The number of aromatic nitrogens is 5. The highest BCUT2D eigenvalue weighted by molar-refractivity contribution is 8.00. The molecule has 0 aliphatic rings. The molecule has 0 unspecified atom stereocenters. The van der Waals surface area contributed by atoms with Crippen molar-refractivity contribution in [3.63, 3.8) is 0 Å². The first kappa shape index (κ1) is 12.8. The molecule has 0 atom stereocenters. The Labute approximate surface area is 111 Å². The Kier molecular flexibility index (Phi) is 3.77. The van der Waals surface area contributed by atoms with Crippen LogP contribution in [0.4, 0.5) is 5.95 Å². The average molecular weight is 286 g/mol. The lowest BCUT2D eigenvalue weighted by Crippen LogP contribution is -2.15. The Bertz CT molecular complexity index is 566. The van der Waals surface area contributed by atoms with Gasteiger partial charge in [-0.05, 0) is 17.8 Å². The maximum atomic E-state index is 11.8. The van der Waals surface area contributed by atoms with E-state index in [4.69, 9.17) is 4.74 Å². The SMILES string of the molecule is COc1nc(C(=O)Nc2nsc(SC)n2)nn1C. The second-order valence-electron chi connectivity index (χ2n) is 3.09. The molecule has 1 N–H and O–H groups in total. The molecule has 96 valence electrons. The van der Waals surface area contributed by atoms with Gasteiger partial charge in [0, 0.05) is 7.05 Å². The smallest absolute Gasteiger partial charge is 0.314 e. The Hall–Kier alpha value is -1.68. The molecule has 0 radical (unpaired) electrons. The van der Waals surface area contributed by atoms with Gasteiger partial charge in [-0.25, -0.2) is 4.68 Å². The normalized spacial score (nSPS) is 10.4. The third kappa shape index (κ3) is 2.59. The molecule has 10 heteroatoms. The molecule has 0 aliphatic carbocycles. The van der Waals surface area contributed by atoms with E-state index in [1.807, 2.05) is 6.26 Å². The summed E-state index contributed by atoms with van der Waals surface area (Å²) in [5.74, 6) is -0.213. The van der Waals surface area contributed by atoms with Gasteiger partial charge in [0.05, 0.1) is 7.11 Å². The number of hydrogen-bond donors (Lipinski definition) is 1. The van der Waals surface area contributed by atoms with Gasteiger partial charge in [0.25, 0.3) is 5.91 Å². The lowest BCUT2D eigenvalue weighted by molar-refractivity contribution is 0.101. The predicted molar refractivity (Wildman–Crippen MR) is 67.2 cm³/mol. The molecule has 2 aromatic rings. The molecular formula is C8H10N6O2S2. The molecule has 0 aromatic carbocycles. The molecule has 2 aromatic heterocycles. The van der Waals surface area contributed by atoms with Gasteiger partial charge in [0.2, 0.25) is 11.8 Å². The number of anilines is 1. The summed E-state index contributed by atoms with van der Waals surface area (Å²) in [6.45, 7) is 0. The number of methoxy groups -OCH3 is 1. The fraction of sp³-hybridized carbons (Fsp3) is 0.375. The lowest BCUT2D eigenvalue weighted by Gasteiger charge is -1.94. The first-order chi connectivity index (χ1) is 8.63. The van der Waals surface area contributed by atoms with E-state index in [9.17, 15) is 4.79 Å². The monoisotopic (exact) mass is 286 g/mol. The van der Waals surface area contributed by atoms with E-state index in [1.165, 1.54) is 35.1 Å². The number of amides is 1. The number of nitrogens with zero attached hydrogens (tertiary/aromatic N) is 5. The van der Waals surface area contributed by atoms with Crippen LogP contribution < -0.4 is 10.1 Å². The van der Waals surface area contributed by atoms with Crippen LogP contribution >= 0.6 is 23.3 Å². The molecular weight excluding hydrogens is 276 g/mol. The zero-order chi connectivity index (χ0) is 13.1. The minimum absolute atomic E-state index is 0.00912. The Morgan fingerprint density at radius 3 is 2.83 bits per heavy atom. The van der Waals surface area contributed by atoms with Crippen LogP contribution in [-0.4, -0.2) is 43.4 Å². The molecule has 2 rings (SSSR count). The predicted octanol–water partition coefficient (Wildman–Crippen LogP) is 0.649. The summed E-state index contributed by atoms with van der Waals surface area (Å²) in [5, 5.41) is 6.44. The largest absolute Gasteiger partial charge is 0.467 e. The van der Waals surface area contributed by atoms with Crippen LogP contribution in [0.2, 0.25) is 0 Å². The third-order valence-electron chi connectivity index (χ3n) is 1.92. The summed E-state index contributed by atoms with van der Waals surface area (Å²) in [6, 6.07) is 0.260. The van der Waals surface area contributed by atoms with Crippen LogP contribution in [0.1, 0.15) is 10.6 Å². The van der Waals surface area contributed by atoms with Crippen molar-refractivity contribution in [1.29, 1.82) is 0 Å². The van der Waals surface area contributed by atoms with Gasteiger partial charge in [-0.1, -0.05) is 11.8 Å². The van der Waals surface area contributed by atoms with Crippen molar-refractivity contribution in [1.82, 2.24) is 24.1 Å². The molecule has 0 bridgehead atoms. The fourth-order valence-corrected chi connectivity index (χ4v) is 2.11. The second kappa shape index (κ2) is 5.31. The topological polar surface area (TPSA) is 94.8 Å². The van der Waals surface area contributed by atoms with Gasteiger partial charge >= 0.3 is 6.01 Å². The van der Waals surface area contributed by atoms with E-state index in [0.29, 0.717) is 0 Å². The molecule has 0 fully saturated rings. The van der Waals surface area contributed by atoms with E-state index in [2.05, 4.69) is 24.8 Å². The van der Waals surface area contributed by atoms with Gasteiger partial charge in [-0.3, -0.25) is 10.1 Å². The molecule has 8 nitrogen and oxygen atoms in total. The number of nitrogens with one attached hydrogen (secondary N) is 1. The average Bonchev–Trinajstić information content (AvgIpc) is 2.95. The van der Waals surface area contributed by atoms with E-state index in [1.54, 1.807) is 7.05 Å². The van der Waals surface area contributed by atoms with Gasteiger partial charge in [-0.2, -0.15) is 14.3 Å². The highest BCUT2D eigenvalue weighted by Gasteiger charge is 2.17. The molecule has 1 amide bonds. The summed E-state index contributed by atoms with van der Waals surface area (Å²) < 4.78 is 11.1. The standard InChI is InChI=1S/C8H10N6O2S2/c1-14-7(16-2)9-4(12-14)5(15)10-6-11-8(17-3)18-13-6/h1-3H3,(H,10,13,15). The minimum atomic E-state index is -0.473. The van der Waals surface area contributed by atoms with Crippen molar-refractivity contribution in [2.45, 2.75) is 4.34 Å². The fourth-order valence-electron chi connectivity index (χ4n) is 1.14. The number of rotatable bonds is 4. The van der Waals surface area contributed by atoms with Crippen molar-refractivity contribution < 1.29 is 9.53 Å². The molecule has 18 heavy (non-hydrogen) atoms. The number of aryl methyl sites for hydroxylation is 1. The maximum absolute atomic E-state index is 11.8. The summed E-state index contributed by atoms with van der Waals surface area (Å²) >= 11 is 2.68. The van der Waals surface area contributed by atoms with E-state index in [-0.39, 0.29) is 17.8 Å². The third-order valence-corrected chi connectivity index (χ3v) is 3.59. The molecule has 0 saturated carbocycles. The Morgan fingerprint density at radius 1 is 1.50 bits per heavy atom. The second-order valence-corrected chi connectivity index (χ2v) is 4.89. The highest BCUT2D eigenvalue weighted by Crippen LogP contribution is 2.19. The van der Waals surface area contributed by atoms with Gasteiger partial charge in [0.1, 0.15) is 0 Å². The molecule has 0 spiro atoms. The van der Waals surface area contributed by atoms with E-state index in [0.717, 1.165) is 4.34 Å².